The van der Waals surface area contributed by atoms with E-state index in [0.717, 1.165) is 24.3 Å². The number of hydrogen-bond donors (Lipinski definition) is 2. The van der Waals surface area contributed by atoms with Crippen LogP contribution in [0.3, 0.4) is 0 Å². The topological polar surface area (TPSA) is 32.3 Å². The normalized spacial score (nSPS) is 12.8. The van der Waals surface area contributed by atoms with E-state index in [1.165, 1.54) is 24.3 Å². The average molecular weight is 536 g/mol. The van der Waals surface area contributed by atoms with Gasteiger partial charge in [0, 0.05) is 23.2 Å². The Morgan fingerprint density at radius 3 is 1.69 bits per heavy atom. The fourth-order valence-corrected chi connectivity index (χ4v) is 3.86. The molecule has 0 radical (unpaired) electrons. The molecule has 0 saturated heterocycles. The van der Waals surface area contributed by atoms with Crippen molar-refractivity contribution in [3.05, 3.63) is 75.3 Å². The maximum absolute atomic E-state index is 13.4. The zero-order valence-electron chi connectivity index (χ0n) is 18.8. The summed E-state index contributed by atoms with van der Waals surface area (Å²) < 4.78 is 80.6. The zero-order chi connectivity index (χ0) is 26.3. The van der Waals surface area contributed by atoms with E-state index < -0.39 is 33.5 Å². The molecule has 10 heteroatoms. The molecular formula is C25H21Cl2F6NO. The van der Waals surface area contributed by atoms with Crippen LogP contribution < -0.4 is 5.32 Å². The third-order valence-corrected chi connectivity index (χ3v) is 5.85. The van der Waals surface area contributed by atoms with Crippen LogP contribution >= 0.6 is 23.2 Å². The van der Waals surface area contributed by atoms with Crippen LogP contribution in [-0.4, -0.2) is 10.6 Å². The summed E-state index contributed by atoms with van der Waals surface area (Å²) in [6.07, 6.45) is -9.45. The van der Waals surface area contributed by atoms with Gasteiger partial charge in [-0.1, -0.05) is 35.3 Å². The Bertz CT molecular complexity index is 1250. The largest absolute Gasteiger partial charge is 0.507 e. The lowest BCUT2D eigenvalue weighted by atomic mass is 9.93. The van der Waals surface area contributed by atoms with Crippen molar-refractivity contribution < 1.29 is 31.4 Å². The van der Waals surface area contributed by atoms with E-state index in [1.807, 2.05) is 20.8 Å². The van der Waals surface area contributed by atoms with Gasteiger partial charge in [0.25, 0.3) is 0 Å². The van der Waals surface area contributed by atoms with Gasteiger partial charge in [-0.25, -0.2) is 0 Å². The predicted molar refractivity (Wildman–Crippen MR) is 126 cm³/mol. The van der Waals surface area contributed by atoms with E-state index in [0.29, 0.717) is 5.56 Å². The number of nitrogens with one attached hydrogen (secondary N) is 1. The Morgan fingerprint density at radius 2 is 1.20 bits per heavy atom. The van der Waals surface area contributed by atoms with Gasteiger partial charge in [-0.2, -0.15) is 26.3 Å². The second kappa shape index (κ2) is 9.56. The van der Waals surface area contributed by atoms with Crippen molar-refractivity contribution in [1.29, 1.82) is 0 Å². The van der Waals surface area contributed by atoms with Crippen molar-refractivity contribution in [3.63, 3.8) is 0 Å². The maximum atomic E-state index is 13.4. The number of phenolic OH excluding ortho intramolecular Hbond substituents is 1. The van der Waals surface area contributed by atoms with E-state index >= 15 is 0 Å². The summed E-state index contributed by atoms with van der Waals surface area (Å²) in [6, 6.07) is 9.32. The highest BCUT2D eigenvalue weighted by molar-refractivity contribution is 6.31. The number of benzene rings is 3. The Balaban J connectivity index is 2.25. The fourth-order valence-electron chi connectivity index (χ4n) is 3.41. The lowest BCUT2D eigenvalue weighted by molar-refractivity contribution is -0.138. The van der Waals surface area contributed by atoms with E-state index in [9.17, 15) is 31.4 Å². The van der Waals surface area contributed by atoms with E-state index in [1.54, 1.807) is 0 Å². The molecule has 2 nitrogen and oxygen atoms in total. The predicted octanol–water partition coefficient (Wildman–Crippen LogP) is 8.96. The molecule has 188 valence electrons. The van der Waals surface area contributed by atoms with Crippen LogP contribution in [0.4, 0.5) is 26.3 Å². The average Bonchev–Trinajstić information content (AvgIpc) is 2.71. The standard InChI is InChI=1S/C25H21Cl2F6NO/c1-23(2,3)34-12-16-8-15(13-4-6-20(26)18(10-13)24(28,29)30)9-17(22(16)35)14-5-7-21(27)19(11-14)25(31,32)33/h4-11,34-35H,12H2,1-3H3. The number of rotatable bonds is 4. The molecule has 0 aliphatic rings. The molecule has 0 heterocycles. The van der Waals surface area contributed by atoms with Gasteiger partial charge in [0.1, 0.15) is 5.75 Å². The minimum Gasteiger partial charge on any atom is -0.507 e. The molecular weight excluding hydrogens is 515 g/mol. The van der Waals surface area contributed by atoms with Gasteiger partial charge in [0.2, 0.25) is 0 Å². The molecule has 0 atom stereocenters. The summed E-state index contributed by atoms with van der Waals surface area (Å²) in [5, 5.41) is 13.1. The van der Waals surface area contributed by atoms with Crippen LogP contribution in [0.5, 0.6) is 5.75 Å². The van der Waals surface area contributed by atoms with Gasteiger partial charge in [-0.15, -0.1) is 0 Å². The van der Waals surface area contributed by atoms with Crippen molar-refractivity contribution in [2.45, 2.75) is 45.2 Å². The molecule has 3 aromatic carbocycles. The van der Waals surface area contributed by atoms with Crippen LogP contribution in [0.2, 0.25) is 10.0 Å². The number of aromatic hydroxyl groups is 1. The minimum atomic E-state index is -4.74. The molecule has 0 unspecified atom stereocenters. The third-order valence-electron chi connectivity index (χ3n) is 5.19. The highest BCUT2D eigenvalue weighted by atomic mass is 35.5. The summed E-state index contributed by atoms with van der Waals surface area (Å²) >= 11 is 11.5. The minimum absolute atomic E-state index is 0.00286. The van der Waals surface area contributed by atoms with Crippen molar-refractivity contribution in [2.24, 2.45) is 0 Å². The second-order valence-corrected chi connectivity index (χ2v) is 9.83. The fraction of sp³-hybridized carbons (Fsp3) is 0.280. The van der Waals surface area contributed by atoms with E-state index in [4.69, 9.17) is 23.2 Å². The highest BCUT2D eigenvalue weighted by Crippen LogP contribution is 2.43. The Labute approximate surface area is 208 Å². The molecule has 0 aliphatic heterocycles. The molecule has 0 fully saturated rings. The lowest BCUT2D eigenvalue weighted by Gasteiger charge is -2.22. The van der Waals surface area contributed by atoms with Crippen molar-refractivity contribution in [3.8, 4) is 28.0 Å². The summed E-state index contributed by atoms with van der Waals surface area (Å²) in [5.41, 5.74) is -1.83. The molecule has 35 heavy (non-hydrogen) atoms. The van der Waals surface area contributed by atoms with Crippen molar-refractivity contribution in [1.82, 2.24) is 5.32 Å². The number of phenols is 1. The highest BCUT2D eigenvalue weighted by Gasteiger charge is 2.35. The van der Waals surface area contributed by atoms with Gasteiger partial charge < -0.3 is 10.4 Å². The Morgan fingerprint density at radius 1 is 0.714 bits per heavy atom. The number of alkyl halides is 6. The molecule has 0 spiro atoms. The summed E-state index contributed by atoms with van der Waals surface area (Å²) in [6.45, 7) is 5.73. The van der Waals surface area contributed by atoms with Crippen LogP contribution in [0, 0.1) is 0 Å². The van der Waals surface area contributed by atoms with E-state index in [-0.39, 0.29) is 40.1 Å². The molecule has 3 rings (SSSR count). The first-order valence-electron chi connectivity index (χ1n) is 10.3. The van der Waals surface area contributed by atoms with Crippen LogP contribution in [0.15, 0.2) is 48.5 Å². The molecule has 0 aliphatic carbocycles. The number of halogens is 8. The molecule has 0 amide bonds. The Hall–Kier alpha value is -2.42. The zero-order valence-corrected chi connectivity index (χ0v) is 20.3. The van der Waals surface area contributed by atoms with Gasteiger partial charge in [0.05, 0.1) is 21.2 Å². The summed E-state index contributed by atoms with van der Waals surface area (Å²) in [7, 11) is 0. The molecule has 3 aromatic rings. The summed E-state index contributed by atoms with van der Waals surface area (Å²) in [5.74, 6) is -0.300. The molecule has 2 N–H and O–H groups in total. The smallest absolute Gasteiger partial charge is 0.417 e. The van der Waals surface area contributed by atoms with Crippen LogP contribution in [0.1, 0.15) is 37.5 Å². The van der Waals surface area contributed by atoms with Gasteiger partial charge in [-0.3, -0.25) is 0 Å². The summed E-state index contributed by atoms with van der Waals surface area (Å²) in [4.78, 5) is 0. The van der Waals surface area contributed by atoms with Crippen LogP contribution in [-0.2, 0) is 18.9 Å². The first-order valence-corrected chi connectivity index (χ1v) is 11.1. The molecule has 0 bridgehead atoms. The maximum Gasteiger partial charge on any atom is 0.417 e. The van der Waals surface area contributed by atoms with Gasteiger partial charge >= 0.3 is 12.4 Å². The van der Waals surface area contributed by atoms with Gasteiger partial charge in [-0.05, 0) is 73.9 Å². The SMILES string of the molecule is CC(C)(C)NCc1cc(-c2ccc(Cl)c(C(F)(F)F)c2)cc(-c2ccc(Cl)c(C(F)(F)F)c2)c1O. The van der Waals surface area contributed by atoms with Crippen LogP contribution in [0.25, 0.3) is 22.3 Å². The van der Waals surface area contributed by atoms with Crippen molar-refractivity contribution in [2.75, 3.05) is 0 Å². The molecule has 0 aromatic heterocycles. The lowest BCUT2D eigenvalue weighted by Crippen LogP contribution is -2.35. The second-order valence-electron chi connectivity index (χ2n) is 9.02. The monoisotopic (exact) mass is 535 g/mol. The number of hydrogen-bond acceptors (Lipinski definition) is 2. The first-order chi connectivity index (χ1) is 16.0. The third kappa shape index (κ3) is 6.42. The Kier molecular flexibility index (Phi) is 7.42. The van der Waals surface area contributed by atoms with E-state index in [2.05, 4.69) is 5.32 Å². The van der Waals surface area contributed by atoms with Gasteiger partial charge in [0.15, 0.2) is 0 Å². The molecule has 0 saturated carbocycles. The van der Waals surface area contributed by atoms with Crippen molar-refractivity contribution >= 4 is 23.2 Å². The first kappa shape index (κ1) is 27.2. The quantitative estimate of drug-likeness (QED) is 0.327.